The highest BCUT2D eigenvalue weighted by Crippen LogP contribution is 2.25. The highest BCUT2D eigenvalue weighted by atomic mass is 32.2. The van der Waals surface area contributed by atoms with Gasteiger partial charge < -0.3 is 19.8 Å². The molecule has 0 atom stereocenters. The van der Waals surface area contributed by atoms with Gasteiger partial charge in [0, 0.05) is 43.7 Å². The van der Waals surface area contributed by atoms with Gasteiger partial charge in [0.2, 0.25) is 0 Å². The number of thioether (sulfide) groups is 1. The molecule has 0 fully saturated rings. The van der Waals surface area contributed by atoms with Crippen molar-refractivity contribution < 1.29 is 9.47 Å². The lowest BCUT2D eigenvalue weighted by atomic mass is 10.1. The molecular formula is C18H23N3O2S. The third kappa shape index (κ3) is 4.13. The van der Waals surface area contributed by atoms with E-state index in [9.17, 15) is 0 Å². The van der Waals surface area contributed by atoms with Gasteiger partial charge in [0.25, 0.3) is 0 Å². The molecule has 0 unspecified atom stereocenters. The van der Waals surface area contributed by atoms with E-state index in [0.717, 1.165) is 47.3 Å². The fourth-order valence-corrected chi connectivity index (χ4v) is 3.50. The van der Waals surface area contributed by atoms with E-state index in [1.54, 1.807) is 18.9 Å². The topological polar surface area (TPSA) is 59.2 Å². The maximum atomic E-state index is 5.88. The summed E-state index contributed by atoms with van der Waals surface area (Å²) in [5.41, 5.74) is 4.45. The minimum atomic E-state index is 0.682. The molecule has 0 bridgehead atoms. The summed E-state index contributed by atoms with van der Waals surface area (Å²) < 4.78 is 10.9. The van der Waals surface area contributed by atoms with E-state index in [1.807, 2.05) is 24.3 Å². The van der Waals surface area contributed by atoms with Gasteiger partial charge in [-0.1, -0.05) is 23.9 Å². The Bertz CT molecular complexity index is 719. The number of allylic oxidation sites excluding steroid dienone is 1. The van der Waals surface area contributed by atoms with Gasteiger partial charge in [0.15, 0.2) is 5.16 Å². The molecule has 128 valence electrons. The maximum Gasteiger partial charge on any atom is 0.166 e. The summed E-state index contributed by atoms with van der Waals surface area (Å²) in [4.78, 5) is 7.96. The highest BCUT2D eigenvalue weighted by Gasteiger charge is 2.14. The first-order valence-corrected chi connectivity index (χ1v) is 9.10. The lowest BCUT2D eigenvalue weighted by Crippen LogP contribution is -2.22. The number of H-pyrrole nitrogens is 1. The molecule has 0 aliphatic carbocycles. The first-order valence-electron chi connectivity index (χ1n) is 8.11. The molecule has 24 heavy (non-hydrogen) atoms. The molecule has 0 saturated carbocycles. The van der Waals surface area contributed by atoms with Gasteiger partial charge in [-0.05, 0) is 25.1 Å². The summed E-state index contributed by atoms with van der Waals surface area (Å²) in [7, 11) is 1.71. The predicted molar refractivity (Wildman–Crippen MR) is 98.0 cm³/mol. The maximum absolute atomic E-state index is 5.88. The van der Waals surface area contributed by atoms with Crippen molar-refractivity contribution in [1.82, 2.24) is 15.3 Å². The normalized spacial score (nSPS) is 14.7. The van der Waals surface area contributed by atoms with E-state index in [0.29, 0.717) is 6.61 Å². The lowest BCUT2D eigenvalue weighted by molar-refractivity contribution is 0.147. The quantitative estimate of drug-likeness (QED) is 0.567. The van der Waals surface area contributed by atoms with Gasteiger partial charge >= 0.3 is 0 Å². The minimum Gasteiger partial charge on any atom is -0.493 e. The average molecular weight is 345 g/mol. The summed E-state index contributed by atoms with van der Waals surface area (Å²) in [6.45, 7) is 4.31. The number of dihydropyridines is 1. The Morgan fingerprint density at radius 2 is 2.12 bits per heavy atom. The molecule has 1 aliphatic rings. The van der Waals surface area contributed by atoms with E-state index in [1.165, 1.54) is 11.3 Å². The van der Waals surface area contributed by atoms with E-state index in [4.69, 9.17) is 9.47 Å². The zero-order valence-electron chi connectivity index (χ0n) is 14.1. The number of nitrogens with zero attached hydrogens (tertiary/aromatic N) is 1. The third-order valence-corrected chi connectivity index (χ3v) is 4.80. The van der Waals surface area contributed by atoms with Crippen molar-refractivity contribution in [2.45, 2.75) is 18.5 Å². The molecule has 1 aliphatic heterocycles. The molecule has 0 saturated heterocycles. The van der Waals surface area contributed by atoms with E-state index in [2.05, 4.69) is 28.3 Å². The van der Waals surface area contributed by atoms with Crippen molar-refractivity contribution in [2.75, 3.05) is 32.6 Å². The molecular weight excluding hydrogens is 322 g/mol. The Kier molecular flexibility index (Phi) is 5.82. The van der Waals surface area contributed by atoms with Gasteiger partial charge in [-0.15, -0.1) is 0 Å². The van der Waals surface area contributed by atoms with Crippen LogP contribution in [0.15, 0.2) is 52.5 Å². The van der Waals surface area contributed by atoms with Crippen LogP contribution in [-0.4, -0.2) is 42.6 Å². The minimum absolute atomic E-state index is 0.682. The Morgan fingerprint density at radius 3 is 2.96 bits per heavy atom. The number of hydrogen-bond acceptors (Lipinski definition) is 5. The highest BCUT2D eigenvalue weighted by molar-refractivity contribution is 7.99. The molecule has 1 aromatic heterocycles. The summed E-state index contributed by atoms with van der Waals surface area (Å²) in [5, 5.41) is 4.38. The largest absolute Gasteiger partial charge is 0.493 e. The molecule has 2 heterocycles. The molecule has 3 rings (SSSR count). The summed E-state index contributed by atoms with van der Waals surface area (Å²) in [5.74, 6) is 1.81. The lowest BCUT2D eigenvalue weighted by Gasteiger charge is -2.21. The van der Waals surface area contributed by atoms with Gasteiger partial charge in [-0.3, -0.25) is 0 Å². The summed E-state index contributed by atoms with van der Waals surface area (Å²) in [6, 6.07) is 8.09. The Morgan fingerprint density at radius 1 is 1.25 bits per heavy atom. The Labute approximate surface area is 146 Å². The molecule has 0 spiro atoms. The molecule has 6 heteroatoms. The molecule has 0 amide bonds. The average Bonchev–Trinajstić information content (AvgIpc) is 3.02. The fourth-order valence-electron chi connectivity index (χ4n) is 2.55. The van der Waals surface area contributed by atoms with Crippen LogP contribution in [0.3, 0.4) is 0 Å². The summed E-state index contributed by atoms with van der Waals surface area (Å²) >= 11 is 1.70. The number of imidazole rings is 1. The zero-order valence-corrected chi connectivity index (χ0v) is 14.9. The van der Waals surface area contributed by atoms with Crippen LogP contribution in [0, 0.1) is 0 Å². The number of methoxy groups -OCH3 is 1. The van der Waals surface area contributed by atoms with Crippen LogP contribution in [-0.2, 0) is 9.47 Å². The van der Waals surface area contributed by atoms with Gasteiger partial charge in [0.1, 0.15) is 5.76 Å². The number of ether oxygens (including phenoxy) is 2. The second-order valence-electron chi connectivity index (χ2n) is 5.60. The molecule has 2 N–H and O–H groups in total. The second-order valence-corrected chi connectivity index (χ2v) is 6.56. The van der Waals surface area contributed by atoms with Crippen LogP contribution in [0.25, 0.3) is 11.0 Å². The van der Waals surface area contributed by atoms with Crippen LogP contribution < -0.4 is 5.32 Å². The van der Waals surface area contributed by atoms with Crippen LogP contribution in [0.5, 0.6) is 0 Å². The van der Waals surface area contributed by atoms with Gasteiger partial charge in [-0.2, -0.15) is 0 Å². The first-order chi connectivity index (χ1) is 11.8. The first kappa shape index (κ1) is 16.9. The number of para-hydroxylation sites is 2. The van der Waals surface area contributed by atoms with Crippen LogP contribution in [0.1, 0.15) is 13.3 Å². The van der Waals surface area contributed by atoms with Crippen molar-refractivity contribution in [2.24, 2.45) is 0 Å². The Hall–Kier alpha value is -1.92. The smallest absolute Gasteiger partial charge is 0.166 e. The monoisotopic (exact) mass is 345 g/mol. The van der Waals surface area contributed by atoms with Crippen LogP contribution >= 0.6 is 11.8 Å². The van der Waals surface area contributed by atoms with Crippen molar-refractivity contribution >= 4 is 22.8 Å². The number of aromatic nitrogens is 2. The fraction of sp³-hybridized carbons (Fsp3) is 0.389. The number of rotatable bonds is 8. The molecule has 1 aromatic carbocycles. The van der Waals surface area contributed by atoms with E-state index >= 15 is 0 Å². The van der Waals surface area contributed by atoms with Crippen molar-refractivity contribution in [3.05, 3.63) is 47.4 Å². The predicted octanol–water partition coefficient (Wildman–Crippen LogP) is 3.47. The Balaban J connectivity index is 1.60. The zero-order chi connectivity index (χ0) is 16.8. The van der Waals surface area contributed by atoms with Crippen molar-refractivity contribution in [3.8, 4) is 0 Å². The van der Waals surface area contributed by atoms with E-state index in [-0.39, 0.29) is 0 Å². The number of aromatic amines is 1. The van der Waals surface area contributed by atoms with Crippen molar-refractivity contribution in [1.29, 1.82) is 0 Å². The standard InChI is InChI=1S/C18H23N3O2S/c1-13-16(19-9-8-17(13)23-11-5-10-22-2)12-24-18-20-14-6-3-4-7-15(14)21-18/h3-4,6-8,19H,5,9-12H2,1-2H3,(H,20,21). The number of hydrogen-bond donors (Lipinski definition) is 2. The number of fused-ring (bicyclic) bond motifs is 1. The van der Waals surface area contributed by atoms with Crippen LogP contribution in [0.4, 0.5) is 0 Å². The molecule has 0 radical (unpaired) electrons. The third-order valence-electron chi connectivity index (χ3n) is 3.90. The SMILES string of the molecule is COCCCOC1=CCNC(CSc2nc3ccccc3[nH]2)=C1C. The van der Waals surface area contributed by atoms with E-state index < -0.39 is 0 Å². The van der Waals surface area contributed by atoms with Gasteiger partial charge in [0.05, 0.1) is 17.6 Å². The van der Waals surface area contributed by atoms with Gasteiger partial charge in [-0.25, -0.2) is 4.98 Å². The molecule has 5 nitrogen and oxygen atoms in total. The summed E-state index contributed by atoms with van der Waals surface area (Å²) in [6.07, 6.45) is 3.00. The molecule has 2 aromatic rings. The number of nitrogens with one attached hydrogen (secondary N) is 2. The second kappa shape index (κ2) is 8.26. The van der Waals surface area contributed by atoms with Crippen LogP contribution in [0.2, 0.25) is 0 Å². The van der Waals surface area contributed by atoms with Crippen molar-refractivity contribution in [3.63, 3.8) is 0 Å². The number of benzene rings is 1.